The predicted octanol–water partition coefficient (Wildman–Crippen LogP) is -1.33. The summed E-state index contributed by atoms with van der Waals surface area (Å²) >= 11 is 0. The number of aliphatic carboxylic acids is 3. The first-order valence-corrected chi connectivity index (χ1v) is 9.01. The van der Waals surface area contributed by atoms with Gasteiger partial charge in [-0.05, 0) is 38.8 Å². The van der Waals surface area contributed by atoms with Crippen molar-refractivity contribution in [1.29, 1.82) is 0 Å². The van der Waals surface area contributed by atoms with Crippen molar-refractivity contribution in [3.05, 3.63) is 0 Å². The van der Waals surface area contributed by atoms with Gasteiger partial charge in [0.1, 0.15) is 18.1 Å². The number of hydrogen-bond donors (Lipinski definition) is 7. The van der Waals surface area contributed by atoms with Crippen molar-refractivity contribution in [1.82, 2.24) is 21.3 Å². The minimum absolute atomic E-state index is 0.269. The minimum atomic E-state index is -0.776. The van der Waals surface area contributed by atoms with E-state index in [2.05, 4.69) is 21.3 Å². The van der Waals surface area contributed by atoms with Crippen molar-refractivity contribution in [3.8, 4) is 0 Å². The summed E-state index contributed by atoms with van der Waals surface area (Å²) in [6, 6.07) is -0.938. The first kappa shape index (κ1) is 22.3. The molecule has 10 nitrogen and oxygen atoms in total. The highest BCUT2D eigenvalue weighted by molar-refractivity contribution is 5.74. The Morgan fingerprint density at radius 2 is 1.12 bits per heavy atom. The number of carboxylic acids is 3. The molecule has 0 spiro atoms. The molecule has 0 bridgehead atoms. The van der Waals surface area contributed by atoms with Crippen molar-refractivity contribution in [2.45, 2.75) is 50.2 Å². The average Bonchev–Trinajstić information content (AvgIpc) is 3.19. The summed E-state index contributed by atoms with van der Waals surface area (Å²) in [5.74, 6) is -2.21. The predicted molar refractivity (Wildman–Crippen MR) is 94.2 cm³/mol. The summed E-state index contributed by atoms with van der Waals surface area (Å²) < 4.78 is 0. The lowest BCUT2D eigenvalue weighted by atomic mass is 10.1. The quantitative estimate of drug-likeness (QED) is 0.315. The molecule has 10 heteroatoms. The normalized spacial score (nSPS) is 27.9. The molecule has 3 aliphatic rings. The molecule has 3 fully saturated rings. The van der Waals surface area contributed by atoms with Crippen LogP contribution in [0.15, 0.2) is 0 Å². The molecule has 0 aromatic rings. The first-order valence-electron chi connectivity index (χ1n) is 9.01. The number of nitrogens with one attached hydrogen (secondary N) is 4. The van der Waals surface area contributed by atoms with E-state index < -0.39 is 23.9 Å². The van der Waals surface area contributed by atoms with E-state index >= 15 is 0 Å². The Bertz CT molecular complexity index is 416. The van der Waals surface area contributed by atoms with Gasteiger partial charge in [-0.2, -0.15) is 0 Å². The maximum absolute atomic E-state index is 10.3. The summed E-state index contributed by atoms with van der Waals surface area (Å²) in [4.78, 5) is 30.7. The lowest BCUT2D eigenvalue weighted by molar-refractivity contribution is -0.140. The molecule has 3 saturated heterocycles. The van der Waals surface area contributed by atoms with Crippen LogP contribution in [0.1, 0.15) is 32.1 Å². The first-order chi connectivity index (χ1) is 12.4. The highest BCUT2D eigenvalue weighted by Crippen LogP contribution is 2.06. The van der Waals surface area contributed by atoms with E-state index in [1.54, 1.807) is 0 Å². The number of hydrogen-bond acceptors (Lipinski definition) is 7. The highest BCUT2D eigenvalue weighted by atomic mass is 16.4. The van der Waals surface area contributed by atoms with Crippen molar-refractivity contribution in [2.75, 3.05) is 32.7 Å². The summed E-state index contributed by atoms with van der Waals surface area (Å²) in [6.45, 7) is 3.87. The fourth-order valence-electron chi connectivity index (χ4n) is 2.79. The molecular weight excluding hydrogens is 344 g/mol. The average molecular weight is 374 g/mol. The molecule has 150 valence electrons. The second-order valence-electron chi connectivity index (χ2n) is 6.38. The Labute approximate surface area is 152 Å². The lowest BCUT2D eigenvalue weighted by Crippen LogP contribution is -2.52. The van der Waals surface area contributed by atoms with E-state index in [0.717, 1.165) is 58.3 Å². The number of carbonyl (C=O) groups is 3. The molecule has 0 saturated carbocycles. The number of piperidine rings is 1. The third-order valence-corrected chi connectivity index (χ3v) is 4.31. The number of rotatable bonds is 3. The molecule has 3 rings (SSSR count). The maximum Gasteiger partial charge on any atom is 0.322 e. The van der Waals surface area contributed by atoms with Gasteiger partial charge in [0.25, 0.3) is 0 Å². The van der Waals surface area contributed by atoms with Gasteiger partial charge in [-0.3, -0.25) is 14.4 Å². The van der Waals surface area contributed by atoms with Gasteiger partial charge in [-0.15, -0.1) is 0 Å². The number of piperazine rings is 1. The SMILES string of the molecule is O=C(O)[C@@H]1CCCCN1.O=C(O)[C@@H]1CCCN1.O=C(O)[C@@H]1CNCCN1. The van der Waals surface area contributed by atoms with Gasteiger partial charge in [0, 0.05) is 19.6 Å². The fourth-order valence-corrected chi connectivity index (χ4v) is 2.79. The summed E-state index contributed by atoms with van der Waals surface area (Å²) in [7, 11) is 0. The molecule has 0 aliphatic carbocycles. The molecule has 3 atom stereocenters. The minimum Gasteiger partial charge on any atom is -0.480 e. The van der Waals surface area contributed by atoms with Crippen molar-refractivity contribution >= 4 is 17.9 Å². The van der Waals surface area contributed by atoms with Crippen LogP contribution in [0.3, 0.4) is 0 Å². The molecule has 0 unspecified atom stereocenters. The van der Waals surface area contributed by atoms with Crippen molar-refractivity contribution < 1.29 is 29.7 Å². The van der Waals surface area contributed by atoms with Crippen LogP contribution in [0.2, 0.25) is 0 Å². The van der Waals surface area contributed by atoms with Crippen LogP contribution in [0.5, 0.6) is 0 Å². The number of carboxylic acid groups (broad SMARTS) is 3. The van der Waals surface area contributed by atoms with Gasteiger partial charge >= 0.3 is 17.9 Å². The van der Waals surface area contributed by atoms with E-state index in [1.165, 1.54) is 0 Å². The summed E-state index contributed by atoms with van der Waals surface area (Å²) in [5, 5.41) is 36.9. The van der Waals surface area contributed by atoms with Gasteiger partial charge < -0.3 is 36.6 Å². The molecule has 3 heterocycles. The Kier molecular flexibility index (Phi) is 10.8. The third kappa shape index (κ3) is 9.09. The largest absolute Gasteiger partial charge is 0.480 e. The summed E-state index contributed by atoms with van der Waals surface area (Å²) in [6.07, 6.45) is 4.73. The highest BCUT2D eigenvalue weighted by Gasteiger charge is 2.20. The molecule has 0 aromatic carbocycles. The molecule has 0 amide bonds. The zero-order chi connectivity index (χ0) is 19.4. The smallest absolute Gasteiger partial charge is 0.322 e. The zero-order valence-electron chi connectivity index (χ0n) is 14.9. The third-order valence-electron chi connectivity index (χ3n) is 4.31. The Morgan fingerprint density at radius 1 is 0.615 bits per heavy atom. The van der Waals surface area contributed by atoms with Crippen LogP contribution in [0.4, 0.5) is 0 Å². The second-order valence-corrected chi connectivity index (χ2v) is 6.38. The van der Waals surface area contributed by atoms with E-state index in [9.17, 15) is 14.4 Å². The molecule has 7 N–H and O–H groups in total. The second kappa shape index (κ2) is 12.6. The Morgan fingerprint density at radius 3 is 1.42 bits per heavy atom. The Hall–Kier alpha value is -1.75. The van der Waals surface area contributed by atoms with Crippen LogP contribution in [0, 0.1) is 0 Å². The zero-order valence-corrected chi connectivity index (χ0v) is 14.9. The van der Waals surface area contributed by atoms with E-state index in [0.29, 0.717) is 6.54 Å². The molecule has 3 aliphatic heterocycles. The van der Waals surface area contributed by atoms with E-state index in [1.807, 2.05) is 0 Å². The molecule has 0 aromatic heterocycles. The lowest BCUT2D eigenvalue weighted by Gasteiger charge is -2.20. The molecular formula is C16H30N4O6. The standard InChI is InChI=1S/C6H11NO2.C5H10N2O2.C5H9NO2/c8-6(9)5-3-1-2-4-7-5;8-5(9)4-3-6-1-2-7-4;7-5(8)4-2-1-3-6-4/h5,7H,1-4H2,(H,8,9);4,6-7H,1-3H2,(H,8,9);4,6H,1-3H2,(H,7,8)/t5-;2*4-/m000/s1. The van der Waals surface area contributed by atoms with Crippen molar-refractivity contribution in [3.63, 3.8) is 0 Å². The van der Waals surface area contributed by atoms with Crippen LogP contribution in [0.25, 0.3) is 0 Å². The van der Waals surface area contributed by atoms with Crippen LogP contribution < -0.4 is 21.3 Å². The molecule has 26 heavy (non-hydrogen) atoms. The van der Waals surface area contributed by atoms with Gasteiger partial charge in [0.2, 0.25) is 0 Å². The monoisotopic (exact) mass is 374 g/mol. The van der Waals surface area contributed by atoms with E-state index in [-0.39, 0.29) is 12.1 Å². The van der Waals surface area contributed by atoms with Crippen LogP contribution >= 0.6 is 0 Å². The van der Waals surface area contributed by atoms with Crippen LogP contribution in [-0.2, 0) is 14.4 Å². The molecule has 0 radical (unpaired) electrons. The van der Waals surface area contributed by atoms with Crippen LogP contribution in [-0.4, -0.2) is 84.1 Å². The fraction of sp³-hybridized carbons (Fsp3) is 0.812. The maximum atomic E-state index is 10.3. The van der Waals surface area contributed by atoms with Gasteiger partial charge in [0.05, 0.1) is 0 Å². The van der Waals surface area contributed by atoms with Crippen molar-refractivity contribution in [2.24, 2.45) is 0 Å². The van der Waals surface area contributed by atoms with Gasteiger partial charge in [-0.25, -0.2) is 0 Å². The van der Waals surface area contributed by atoms with E-state index in [4.69, 9.17) is 15.3 Å². The Balaban J connectivity index is 0.000000195. The van der Waals surface area contributed by atoms with Gasteiger partial charge in [0.15, 0.2) is 0 Å². The topological polar surface area (TPSA) is 160 Å². The van der Waals surface area contributed by atoms with Gasteiger partial charge in [-0.1, -0.05) is 6.42 Å². The summed E-state index contributed by atoms with van der Waals surface area (Å²) in [5.41, 5.74) is 0.